The molecule has 3 aromatic rings. The standard InChI is InChI=1S/C14H11N3O2S/c18-12-7-3-5-10(16-12)14(19)15-8-13-17-9-4-1-2-6-11(9)20-13/h1-7H,8H2,(H,15,19)(H,16,18). The van der Waals surface area contributed by atoms with E-state index < -0.39 is 0 Å². The molecule has 1 amide bonds. The fourth-order valence-electron chi connectivity index (χ4n) is 1.83. The summed E-state index contributed by atoms with van der Waals surface area (Å²) in [6, 6.07) is 12.3. The Hall–Kier alpha value is -2.47. The van der Waals surface area contributed by atoms with Crippen LogP contribution >= 0.6 is 11.3 Å². The molecule has 0 aliphatic carbocycles. The number of H-pyrrole nitrogens is 1. The number of fused-ring (bicyclic) bond motifs is 1. The predicted octanol–water partition coefficient (Wildman–Crippen LogP) is 1.91. The Morgan fingerprint density at radius 1 is 1.20 bits per heavy atom. The maximum atomic E-state index is 11.9. The number of amides is 1. The molecule has 5 nitrogen and oxygen atoms in total. The molecular weight excluding hydrogens is 274 g/mol. The van der Waals surface area contributed by atoms with E-state index >= 15 is 0 Å². The summed E-state index contributed by atoms with van der Waals surface area (Å²) in [5, 5.41) is 3.57. The van der Waals surface area contributed by atoms with Crippen molar-refractivity contribution in [3.63, 3.8) is 0 Å². The molecule has 0 saturated heterocycles. The summed E-state index contributed by atoms with van der Waals surface area (Å²) in [7, 11) is 0. The lowest BCUT2D eigenvalue weighted by atomic mass is 10.3. The monoisotopic (exact) mass is 285 g/mol. The van der Waals surface area contributed by atoms with Crippen LogP contribution in [0.2, 0.25) is 0 Å². The SMILES string of the molecule is O=C(NCc1nc2ccccc2s1)c1cccc(=O)[nH]1. The average Bonchev–Trinajstić information content (AvgIpc) is 2.87. The largest absolute Gasteiger partial charge is 0.344 e. The quantitative estimate of drug-likeness (QED) is 0.772. The third-order valence-corrected chi connectivity index (χ3v) is 3.79. The van der Waals surface area contributed by atoms with Gasteiger partial charge in [-0.2, -0.15) is 0 Å². The fourth-order valence-corrected chi connectivity index (χ4v) is 2.73. The second kappa shape index (κ2) is 5.26. The van der Waals surface area contributed by atoms with Gasteiger partial charge in [0, 0.05) is 6.07 Å². The van der Waals surface area contributed by atoms with Crippen LogP contribution in [0.15, 0.2) is 47.3 Å². The van der Waals surface area contributed by atoms with E-state index in [-0.39, 0.29) is 17.2 Å². The minimum absolute atomic E-state index is 0.249. The number of nitrogens with one attached hydrogen (secondary N) is 2. The number of nitrogens with zero attached hydrogens (tertiary/aromatic N) is 1. The van der Waals surface area contributed by atoms with Gasteiger partial charge in [-0.15, -0.1) is 11.3 Å². The minimum atomic E-state index is -0.318. The molecule has 6 heteroatoms. The summed E-state index contributed by atoms with van der Waals surface area (Å²) in [4.78, 5) is 29.9. The van der Waals surface area contributed by atoms with Crippen LogP contribution in [0.5, 0.6) is 0 Å². The average molecular weight is 285 g/mol. The number of para-hydroxylation sites is 1. The molecule has 20 heavy (non-hydrogen) atoms. The first-order valence-corrected chi connectivity index (χ1v) is 6.86. The number of pyridine rings is 1. The van der Waals surface area contributed by atoms with E-state index in [4.69, 9.17) is 0 Å². The molecule has 100 valence electrons. The van der Waals surface area contributed by atoms with Gasteiger partial charge in [0.1, 0.15) is 10.7 Å². The maximum absolute atomic E-state index is 11.9. The Morgan fingerprint density at radius 2 is 2.05 bits per heavy atom. The topological polar surface area (TPSA) is 74.8 Å². The molecule has 3 rings (SSSR count). The van der Waals surface area contributed by atoms with Gasteiger partial charge in [0.25, 0.3) is 5.91 Å². The van der Waals surface area contributed by atoms with Gasteiger partial charge in [-0.25, -0.2) is 4.98 Å². The number of hydrogen-bond acceptors (Lipinski definition) is 4. The van der Waals surface area contributed by atoms with E-state index in [1.807, 2.05) is 24.3 Å². The molecule has 0 radical (unpaired) electrons. The number of hydrogen-bond donors (Lipinski definition) is 2. The Morgan fingerprint density at radius 3 is 2.85 bits per heavy atom. The van der Waals surface area contributed by atoms with Crippen LogP contribution in [0.4, 0.5) is 0 Å². The Bertz CT molecular complexity index is 789. The maximum Gasteiger partial charge on any atom is 0.268 e. The van der Waals surface area contributed by atoms with Gasteiger partial charge in [0.05, 0.1) is 16.8 Å². The summed E-state index contributed by atoms with van der Waals surface area (Å²) >= 11 is 1.54. The highest BCUT2D eigenvalue weighted by Crippen LogP contribution is 2.21. The van der Waals surface area contributed by atoms with Crippen molar-refractivity contribution < 1.29 is 4.79 Å². The van der Waals surface area contributed by atoms with Crippen molar-refractivity contribution in [3.8, 4) is 0 Å². The van der Waals surface area contributed by atoms with Crippen molar-refractivity contribution in [2.24, 2.45) is 0 Å². The highest BCUT2D eigenvalue weighted by atomic mass is 32.1. The minimum Gasteiger partial charge on any atom is -0.344 e. The number of carbonyl (C=O) groups excluding carboxylic acids is 1. The van der Waals surface area contributed by atoms with Crippen LogP contribution in [0.25, 0.3) is 10.2 Å². The fraction of sp³-hybridized carbons (Fsp3) is 0.0714. The summed E-state index contributed by atoms with van der Waals surface area (Å²) in [5.74, 6) is -0.318. The zero-order chi connectivity index (χ0) is 13.9. The number of carbonyl (C=O) groups is 1. The van der Waals surface area contributed by atoms with Crippen LogP contribution in [-0.4, -0.2) is 15.9 Å². The normalized spacial score (nSPS) is 10.6. The van der Waals surface area contributed by atoms with Crippen LogP contribution < -0.4 is 10.9 Å². The van der Waals surface area contributed by atoms with Crippen molar-refractivity contribution in [1.29, 1.82) is 0 Å². The highest BCUT2D eigenvalue weighted by molar-refractivity contribution is 7.18. The van der Waals surface area contributed by atoms with Crippen LogP contribution in [0.1, 0.15) is 15.5 Å². The summed E-state index contributed by atoms with van der Waals surface area (Å²) in [5.41, 5.74) is 0.881. The number of rotatable bonds is 3. The molecule has 0 atom stereocenters. The highest BCUT2D eigenvalue weighted by Gasteiger charge is 2.08. The van der Waals surface area contributed by atoms with Gasteiger partial charge >= 0.3 is 0 Å². The number of aromatic amines is 1. The van der Waals surface area contributed by atoms with Gasteiger partial charge < -0.3 is 10.3 Å². The number of benzene rings is 1. The number of aromatic nitrogens is 2. The lowest BCUT2D eigenvalue weighted by molar-refractivity contribution is 0.0945. The molecule has 0 spiro atoms. The molecule has 0 aliphatic rings. The first kappa shape index (κ1) is 12.6. The second-order valence-electron chi connectivity index (χ2n) is 4.19. The molecule has 2 heterocycles. The first-order valence-electron chi connectivity index (χ1n) is 6.04. The Labute approximate surface area is 118 Å². The van der Waals surface area contributed by atoms with Gasteiger partial charge in [0.15, 0.2) is 0 Å². The van der Waals surface area contributed by atoms with E-state index in [0.717, 1.165) is 15.2 Å². The van der Waals surface area contributed by atoms with E-state index in [1.165, 1.54) is 17.4 Å². The third-order valence-electron chi connectivity index (χ3n) is 2.75. The van der Waals surface area contributed by atoms with Crippen LogP contribution in [-0.2, 0) is 6.54 Å². The lowest BCUT2D eigenvalue weighted by Gasteiger charge is -2.02. The zero-order valence-corrected chi connectivity index (χ0v) is 11.2. The molecule has 0 fully saturated rings. The van der Waals surface area contributed by atoms with E-state index in [2.05, 4.69) is 15.3 Å². The third kappa shape index (κ3) is 2.60. The smallest absolute Gasteiger partial charge is 0.268 e. The van der Waals surface area contributed by atoms with Crippen molar-refractivity contribution in [2.45, 2.75) is 6.54 Å². The molecule has 0 unspecified atom stereocenters. The summed E-state index contributed by atoms with van der Waals surface area (Å²) in [6.45, 7) is 0.342. The molecule has 2 aromatic heterocycles. The molecule has 0 bridgehead atoms. The first-order chi connectivity index (χ1) is 9.72. The van der Waals surface area contributed by atoms with Crippen molar-refractivity contribution in [3.05, 3.63) is 63.5 Å². The van der Waals surface area contributed by atoms with Crippen molar-refractivity contribution in [2.75, 3.05) is 0 Å². The van der Waals surface area contributed by atoms with Gasteiger partial charge in [0.2, 0.25) is 5.56 Å². The molecule has 0 aliphatic heterocycles. The van der Waals surface area contributed by atoms with Gasteiger partial charge in [-0.1, -0.05) is 18.2 Å². The van der Waals surface area contributed by atoms with E-state index in [9.17, 15) is 9.59 Å². The molecule has 0 saturated carbocycles. The lowest BCUT2D eigenvalue weighted by Crippen LogP contribution is -2.25. The summed E-state index contributed by atoms with van der Waals surface area (Å²) in [6.07, 6.45) is 0. The van der Waals surface area contributed by atoms with Crippen LogP contribution in [0, 0.1) is 0 Å². The predicted molar refractivity (Wildman–Crippen MR) is 77.9 cm³/mol. The summed E-state index contributed by atoms with van der Waals surface area (Å²) < 4.78 is 1.09. The second-order valence-corrected chi connectivity index (χ2v) is 5.30. The molecule has 1 aromatic carbocycles. The van der Waals surface area contributed by atoms with Crippen molar-refractivity contribution in [1.82, 2.24) is 15.3 Å². The van der Waals surface area contributed by atoms with Gasteiger partial charge in [-0.05, 0) is 18.2 Å². The Balaban J connectivity index is 1.73. The molecular formula is C14H11N3O2S. The van der Waals surface area contributed by atoms with E-state index in [0.29, 0.717) is 6.54 Å². The number of thiazole rings is 1. The molecule has 2 N–H and O–H groups in total. The van der Waals surface area contributed by atoms with Gasteiger partial charge in [-0.3, -0.25) is 9.59 Å². The van der Waals surface area contributed by atoms with Crippen molar-refractivity contribution >= 4 is 27.5 Å². The Kier molecular flexibility index (Phi) is 3.30. The van der Waals surface area contributed by atoms with E-state index in [1.54, 1.807) is 12.1 Å². The van der Waals surface area contributed by atoms with Crippen LogP contribution in [0.3, 0.4) is 0 Å². The zero-order valence-electron chi connectivity index (χ0n) is 10.4.